The van der Waals surface area contributed by atoms with Crippen molar-refractivity contribution in [1.29, 1.82) is 0 Å². The number of aryl methyl sites for hydroxylation is 2. The van der Waals surface area contributed by atoms with Crippen LogP contribution in [0.4, 0.5) is 0 Å². The summed E-state index contributed by atoms with van der Waals surface area (Å²) >= 11 is 0. The number of benzene rings is 1. The zero-order valence-corrected chi connectivity index (χ0v) is 13.1. The SMILES string of the molecule is CCc1ccc(S(=O)(=O)N2CCC(N)CC2)cc1CC. The first-order chi connectivity index (χ1) is 9.48. The molecule has 0 saturated carbocycles. The average molecular weight is 296 g/mol. The summed E-state index contributed by atoms with van der Waals surface area (Å²) in [6.07, 6.45) is 3.28. The van der Waals surface area contributed by atoms with Crippen LogP contribution in [-0.4, -0.2) is 31.9 Å². The zero-order chi connectivity index (χ0) is 14.8. The summed E-state index contributed by atoms with van der Waals surface area (Å²) < 4.78 is 26.9. The van der Waals surface area contributed by atoms with E-state index in [9.17, 15) is 8.42 Å². The van der Waals surface area contributed by atoms with Crippen LogP contribution in [0.5, 0.6) is 0 Å². The summed E-state index contributed by atoms with van der Waals surface area (Å²) in [5.41, 5.74) is 8.20. The molecule has 1 aromatic carbocycles. The maximum absolute atomic E-state index is 12.6. The van der Waals surface area contributed by atoms with Crippen molar-refractivity contribution in [1.82, 2.24) is 4.31 Å². The Hall–Kier alpha value is -0.910. The minimum absolute atomic E-state index is 0.134. The lowest BCUT2D eigenvalue weighted by molar-refractivity contribution is 0.320. The summed E-state index contributed by atoms with van der Waals surface area (Å²) in [6.45, 7) is 5.21. The first kappa shape index (κ1) is 15.5. The molecule has 0 amide bonds. The van der Waals surface area contributed by atoms with Gasteiger partial charge in [0, 0.05) is 19.1 Å². The van der Waals surface area contributed by atoms with Crippen molar-refractivity contribution in [3.63, 3.8) is 0 Å². The standard InChI is InChI=1S/C15H24N2O2S/c1-3-12-5-6-15(11-13(12)4-2)20(18,19)17-9-7-14(16)8-10-17/h5-6,11,14H,3-4,7-10,16H2,1-2H3. The highest BCUT2D eigenvalue weighted by Gasteiger charge is 2.28. The van der Waals surface area contributed by atoms with Crippen LogP contribution in [0.25, 0.3) is 0 Å². The summed E-state index contributed by atoms with van der Waals surface area (Å²) in [7, 11) is -3.37. The first-order valence-corrected chi connectivity index (χ1v) is 8.80. The fraction of sp³-hybridized carbons (Fsp3) is 0.600. The second-order valence-electron chi connectivity index (χ2n) is 5.38. The van der Waals surface area contributed by atoms with Crippen LogP contribution in [0.1, 0.15) is 37.8 Å². The van der Waals surface area contributed by atoms with E-state index in [1.165, 1.54) is 5.56 Å². The third-order valence-electron chi connectivity index (χ3n) is 4.08. The fourth-order valence-corrected chi connectivity index (χ4v) is 4.22. The molecule has 5 heteroatoms. The van der Waals surface area contributed by atoms with Crippen LogP contribution in [0.3, 0.4) is 0 Å². The number of sulfonamides is 1. The molecule has 1 saturated heterocycles. The predicted octanol–water partition coefficient (Wildman–Crippen LogP) is 1.92. The van der Waals surface area contributed by atoms with Crippen molar-refractivity contribution in [2.75, 3.05) is 13.1 Å². The van der Waals surface area contributed by atoms with Crippen molar-refractivity contribution in [3.8, 4) is 0 Å². The van der Waals surface area contributed by atoms with E-state index < -0.39 is 10.0 Å². The van der Waals surface area contributed by atoms with E-state index in [2.05, 4.69) is 13.8 Å². The van der Waals surface area contributed by atoms with Crippen LogP contribution in [0.15, 0.2) is 23.1 Å². The Kier molecular flexibility index (Phi) is 4.83. The molecule has 4 nitrogen and oxygen atoms in total. The number of nitrogens with two attached hydrogens (primary N) is 1. The number of rotatable bonds is 4. The van der Waals surface area contributed by atoms with Gasteiger partial charge >= 0.3 is 0 Å². The van der Waals surface area contributed by atoms with Gasteiger partial charge < -0.3 is 5.73 Å². The van der Waals surface area contributed by atoms with Gasteiger partial charge in [-0.05, 0) is 48.9 Å². The van der Waals surface area contributed by atoms with E-state index in [1.54, 1.807) is 10.4 Å². The molecule has 0 aromatic heterocycles. The highest BCUT2D eigenvalue weighted by Crippen LogP contribution is 2.23. The smallest absolute Gasteiger partial charge is 0.243 e. The minimum atomic E-state index is -3.37. The number of hydrogen-bond donors (Lipinski definition) is 1. The highest BCUT2D eigenvalue weighted by atomic mass is 32.2. The quantitative estimate of drug-likeness (QED) is 0.923. The Morgan fingerprint density at radius 3 is 2.30 bits per heavy atom. The summed E-state index contributed by atoms with van der Waals surface area (Å²) in [6, 6.07) is 5.65. The van der Waals surface area contributed by atoms with Crippen molar-refractivity contribution in [2.24, 2.45) is 5.73 Å². The maximum atomic E-state index is 12.6. The molecule has 2 rings (SSSR count). The highest BCUT2D eigenvalue weighted by molar-refractivity contribution is 7.89. The molecule has 1 heterocycles. The third-order valence-corrected chi connectivity index (χ3v) is 5.97. The van der Waals surface area contributed by atoms with E-state index in [0.717, 1.165) is 31.2 Å². The van der Waals surface area contributed by atoms with Crippen LogP contribution < -0.4 is 5.73 Å². The molecular formula is C15H24N2O2S. The second kappa shape index (κ2) is 6.24. The van der Waals surface area contributed by atoms with E-state index in [0.29, 0.717) is 18.0 Å². The van der Waals surface area contributed by atoms with Gasteiger partial charge in [0.15, 0.2) is 0 Å². The van der Waals surface area contributed by atoms with Gasteiger partial charge in [-0.3, -0.25) is 0 Å². The van der Waals surface area contributed by atoms with Crippen molar-refractivity contribution in [2.45, 2.75) is 50.5 Å². The van der Waals surface area contributed by atoms with Crippen molar-refractivity contribution >= 4 is 10.0 Å². The normalized spacial score (nSPS) is 18.4. The van der Waals surface area contributed by atoms with Gasteiger partial charge in [-0.15, -0.1) is 0 Å². The Morgan fingerprint density at radius 2 is 1.75 bits per heavy atom. The van der Waals surface area contributed by atoms with Gasteiger partial charge in [0.2, 0.25) is 10.0 Å². The molecule has 0 unspecified atom stereocenters. The van der Waals surface area contributed by atoms with Gasteiger partial charge in [0.05, 0.1) is 4.90 Å². The number of piperidine rings is 1. The minimum Gasteiger partial charge on any atom is -0.328 e. The lowest BCUT2D eigenvalue weighted by Gasteiger charge is -2.29. The molecule has 0 bridgehead atoms. The third kappa shape index (κ3) is 3.05. The van der Waals surface area contributed by atoms with Crippen molar-refractivity contribution < 1.29 is 8.42 Å². The second-order valence-corrected chi connectivity index (χ2v) is 7.32. The summed E-state index contributed by atoms with van der Waals surface area (Å²) in [5.74, 6) is 0. The Balaban J connectivity index is 2.30. The van der Waals surface area contributed by atoms with E-state index in [-0.39, 0.29) is 6.04 Å². The molecular weight excluding hydrogens is 272 g/mol. The lowest BCUT2D eigenvalue weighted by atomic mass is 10.0. The average Bonchev–Trinajstić information content (AvgIpc) is 2.46. The molecule has 20 heavy (non-hydrogen) atoms. The molecule has 1 aliphatic rings. The molecule has 2 N–H and O–H groups in total. The van der Waals surface area contributed by atoms with Gasteiger partial charge in [-0.1, -0.05) is 19.9 Å². The molecule has 0 atom stereocenters. The zero-order valence-electron chi connectivity index (χ0n) is 12.3. The number of nitrogens with zero attached hydrogens (tertiary/aromatic N) is 1. The largest absolute Gasteiger partial charge is 0.328 e. The number of hydrogen-bond acceptors (Lipinski definition) is 3. The van der Waals surface area contributed by atoms with Gasteiger partial charge in [-0.2, -0.15) is 4.31 Å². The van der Waals surface area contributed by atoms with Crippen LogP contribution in [0, 0.1) is 0 Å². The van der Waals surface area contributed by atoms with Gasteiger partial charge in [0.25, 0.3) is 0 Å². The van der Waals surface area contributed by atoms with Crippen LogP contribution in [-0.2, 0) is 22.9 Å². The van der Waals surface area contributed by atoms with Crippen molar-refractivity contribution in [3.05, 3.63) is 29.3 Å². The molecule has 0 spiro atoms. The Labute approximate surface area is 122 Å². The van der Waals surface area contributed by atoms with E-state index in [1.807, 2.05) is 12.1 Å². The molecule has 1 fully saturated rings. The lowest BCUT2D eigenvalue weighted by Crippen LogP contribution is -2.42. The Bertz CT molecular complexity index is 561. The molecule has 1 aliphatic heterocycles. The fourth-order valence-electron chi connectivity index (χ4n) is 2.70. The molecule has 0 radical (unpaired) electrons. The molecule has 112 valence electrons. The maximum Gasteiger partial charge on any atom is 0.243 e. The first-order valence-electron chi connectivity index (χ1n) is 7.36. The summed E-state index contributed by atoms with van der Waals surface area (Å²) in [5, 5.41) is 0. The molecule has 1 aromatic rings. The molecule has 0 aliphatic carbocycles. The Morgan fingerprint density at radius 1 is 1.15 bits per heavy atom. The monoisotopic (exact) mass is 296 g/mol. The van der Waals surface area contributed by atoms with Crippen LogP contribution in [0.2, 0.25) is 0 Å². The van der Waals surface area contributed by atoms with E-state index in [4.69, 9.17) is 5.73 Å². The summed E-state index contributed by atoms with van der Waals surface area (Å²) in [4.78, 5) is 0.419. The van der Waals surface area contributed by atoms with Gasteiger partial charge in [0.1, 0.15) is 0 Å². The van der Waals surface area contributed by atoms with Gasteiger partial charge in [-0.25, -0.2) is 8.42 Å². The van der Waals surface area contributed by atoms with E-state index >= 15 is 0 Å². The topological polar surface area (TPSA) is 63.4 Å². The predicted molar refractivity (Wildman–Crippen MR) is 81.2 cm³/mol. The van der Waals surface area contributed by atoms with Crippen LogP contribution >= 0.6 is 0 Å².